The number of nitrogens with zero attached hydrogens (tertiary/aromatic N) is 1. The lowest BCUT2D eigenvalue weighted by atomic mass is 10.2. The van der Waals surface area contributed by atoms with Crippen molar-refractivity contribution in [3.8, 4) is 11.5 Å². The van der Waals surface area contributed by atoms with Crippen LogP contribution in [-0.2, 0) is 4.79 Å². The number of nitrogens with one attached hydrogen (secondary N) is 1. The highest BCUT2D eigenvalue weighted by Gasteiger charge is 2.29. The van der Waals surface area contributed by atoms with Crippen LogP contribution in [-0.4, -0.2) is 25.3 Å². The molecule has 9 heteroatoms. The molecule has 1 fully saturated rings. The van der Waals surface area contributed by atoms with Crippen molar-refractivity contribution in [1.82, 2.24) is 5.43 Å². The minimum absolute atomic E-state index is 0.0595. The van der Waals surface area contributed by atoms with E-state index in [0.717, 1.165) is 31.2 Å². The molecule has 1 aliphatic rings. The Morgan fingerprint density at radius 3 is 2.50 bits per heavy atom. The summed E-state index contributed by atoms with van der Waals surface area (Å²) in [6.45, 7) is -6.23. The van der Waals surface area contributed by atoms with Crippen LogP contribution in [0.2, 0.25) is 0 Å². The van der Waals surface area contributed by atoms with Crippen molar-refractivity contribution in [2.24, 2.45) is 11.0 Å². The number of rotatable bonds is 7. The molecule has 0 atom stereocenters. The zero-order chi connectivity index (χ0) is 16.1. The Kier molecular flexibility index (Phi) is 5.18. The summed E-state index contributed by atoms with van der Waals surface area (Å²) >= 11 is 0. The topological polar surface area (TPSA) is 59.9 Å². The molecule has 2 rings (SSSR count). The number of halogens is 4. The molecule has 5 nitrogen and oxygen atoms in total. The molecular weight excluding hydrogens is 308 g/mol. The molecule has 1 N–H and O–H groups in total. The second-order valence-corrected chi connectivity index (χ2v) is 4.47. The van der Waals surface area contributed by atoms with Crippen LogP contribution in [0.4, 0.5) is 17.6 Å². The van der Waals surface area contributed by atoms with Crippen LogP contribution in [0.5, 0.6) is 11.5 Å². The van der Waals surface area contributed by atoms with Gasteiger partial charge in [-0.1, -0.05) is 0 Å². The van der Waals surface area contributed by atoms with Gasteiger partial charge in [-0.15, -0.1) is 0 Å². The quantitative estimate of drug-likeness (QED) is 0.477. The van der Waals surface area contributed by atoms with Gasteiger partial charge in [0, 0.05) is 17.5 Å². The monoisotopic (exact) mass is 320 g/mol. The molecule has 0 unspecified atom stereocenters. The Morgan fingerprint density at radius 1 is 1.23 bits per heavy atom. The number of ether oxygens (including phenoxy) is 2. The number of alkyl halides is 4. The largest absolute Gasteiger partial charge is 0.435 e. The zero-order valence-electron chi connectivity index (χ0n) is 11.1. The second kappa shape index (κ2) is 7.10. The van der Waals surface area contributed by atoms with Crippen molar-refractivity contribution in [2.75, 3.05) is 0 Å². The molecule has 22 heavy (non-hydrogen) atoms. The van der Waals surface area contributed by atoms with Crippen molar-refractivity contribution in [3.63, 3.8) is 0 Å². The lowest BCUT2D eigenvalue weighted by Gasteiger charge is -2.10. The highest BCUT2D eigenvalue weighted by atomic mass is 19.3. The van der Waals surface area contributed by atoms with E-state index in [-0.39, 0.29) is 23.1 Å². The van der Waals surface area contributed by atoms with Gasteiger partial charge < -0.3 is 9.47 Å². The third-order valence-electron chi connectivity index (χ3n) is 2.75. The Bertz CT molecular complexity index is 562. The first kappa shape index (κ1) is 16.1. The first-order chi connectivity index (χ1) is 10.5. The minimum atomic E-state index is -3.14. The van der Waals surface area contributed by atoms with E-state index in [0.29, 0.717) is 0 Å². The Hall–Kier alpha value is -2.32. The number of hydrogen-bond donors (Lipinski definition) is 1. The number of amides is 1. The molecule has 0 aromatic heterocycles. The molecule has 0 saturated heterocycles. The molecule has 1 saturated carbocycles. The van der Waals surface area contributed by atoms with Crippen LogP contribution >= 0.6 is 0 Å². The van der Waals surface area contributed by atoms with Crippen molar-refractivity contribution in [1.29, 1.82) is 0 Å². The first-order valence-electron chi connectivity index (χ1n) is 6.32. The second-order valence-electron chi connectivity index (χ2n) is 4.47. The average Bonchev–Trinajstić information content (AvgIpc) is 3.24. The maximum atomic E-state index is 12.3. The van der Waals surface area contributed by atoms with E-state index in [1.54, 1.807) is 0 Å². The van der Waals surface area contributed by atoms with Crippen molar-refractivity contribution in [3.05, 3.63) is 23.8 Å². The molecule has 0 aliphatic heterocycles. The number of hydrogen-bond acceptors (Lipinski definition) is 4. The summed E-state index contributed by atoms with van der Waals surface area (Å²) in [7, 11) is 0. The van der Waals surface area contributed by atoms with Gasteiger partial charge in [-0.05, 0) is 25.0 Å². The fourth-order valence-corrected chi connectivity index (χ4v) is 1.60. The summed E-state index contributed by atoms with van der Waals surface area (Å²) in [6, 6.07) is 3.25. The van der Waals surface area contributed by atoms with Crippen LogP contribution in [0, 0.1) is 5.92 Å². The van der Waals surface area contributed by atoms with Gasteiger partial charge in [-0.2, -0.15) is 22.7 Å². The summed E-state index contributed by atoms with van der Waals surface area (Å²) in [5.41, 5.74) is 2.34. The highest BCUT2D eigenvalue weighted by Crippen LogP contribution is 2.29. The SMILES string of the molecule is O=C(N/N=C\c1ccc(OC(F)F)cc1OC(F)F)C1CC1. The molecule has 0 heterocycles. The maximum Gasteiger partial charge on any atom is 0.387 e. The standard InChI is InChI=1S/C13H12F4N2O3/c14-12(15)21-9-4-3-8(10(5-9)22-13(16)17)6-18-19-11(20)7-1-2-7/h3-7,12-13H,1-2H2,(H,19,20)/b18-6-. The molecule has 1 aromatic rings. The Morgan fingerprint density at radius 2 is 1.91 bits per heavy atom. The van der Waals surface area contributed by atoms with E-state index in [4.69, 9.17) is 0 Å². The summed E-state index contributed by atoms with van der Waals surface area (Å²) in [6.07, 6.45) is 2.67. The summed E-state index contributed by atoms with van der Waals surface area (Å²) in [5.74, 6) is -1.04. The average molecular weight is 320 g/mol. The summed E-state index contributed by atoms with van der Waals surface area (Å²) < 4.78 is 57.2. The normalized spacial score (nSPS) is 14.6. The van der Waals surface area contributed by atoms with Gasteiger partial charge in [-0.25, -0.2) is 5.43 Å². The summed E-state index contributed by atoms with van der Waals surface area (Å²) in [4.78, 5) is 11.4. The minimum Gasteiger partial charge on any atom is -0.435 e. The Labute approximate surface area is 122 Å². The van der Waals surface area contributed by atoms with Gasteiger partial charge in [0.15, 0.2) is 0 Å². The van der Waals surface area contributed by atoms with E-state index in [9.17, 15) is 22.4 Å². The zero-order valence-corrected chi connectivity index (χ0v) is 11.1. The number of hydrazone groups is 1. The van der Waals surface area contributed by atoms with Gasteiger partial charge in [-0.3, -0.25) is 4.79 Å². The van der Waals surface area contributed by atoms with Gasteiger partial charge in [0.25, 0.3) is 0 Å². The predicted molar refractivity (Wildman–Crippen MR) is 68.2 cm³/mol. The van der Waals surface area contributed by atoms with Crippen LogP contribution in [0.1, 0.15) is 18.4 Å². The number of carbonyl (C=O) groups is 1. The third kappa shape index (κ3) is 4.90. The summed E-state index contributed by atoms with van der Waals surface area (Å²) in [5, 5.41) is 3.62. The van der Waals surface area contributed by atoms with E-state index < -0.39 is 19.0 Å². The van der Waals surface area contributed by atoms with Crippen molar-refractivity contribution < 1.29 is 31.8 Å². The van der Waals surface area contributed by atoms with E-state index in [1.807, 2.05) is 0 Å². The van der Waals surface area contributed by atoms with Crippen molar-refractivity contribution in [2.45, 2.75) is 26.1 Å². The third-order valence-corrected chi connectivity index (χ3v) is 2.75. The predicted octanol–water partition coefficient (Wildman–Crippen LogP) is 2.75. The molecule has 0 bridgehead atoms. The fraction of sp³-hybridized carbons (Fsp3) is 0.385. The fourth-order valence-electron chi connectivity index (χ4n) is 1.60. The Balaban J connectivity index is 2.09. The van der Waals surface area contributed by atoms with Gasteiger partial charge in [0.2, 0.25) is 5.91 Å². The molecule has 1 aliphatic carbocycles. The van der Waals surface area contributed by atoms with Crippen molar-refractivity contribution >= 4 is 12.1 Å². The lowest BCUT2D eigenvalue weighted by molar-refractivity contribution is -0.122. The smallest absolute Gasteiger partial charge is 0.387 e. The van der Waals surface area contributed by atoms with Gasteiger partial charge in [0.05, 0.1) is 6.21 Å². The lowest BCUT2D eigenvalue weighted by Crippen LogP contribution is -2.19. The number of carbonyl (C=O) groups excluding carboxylic acids is 1. The van der Waals surface area contributed by atoms with Gasteiger partial charge in [0.1, 0.15) is 11.5 Å². The molecule has 120 valence electrons. The first-order valence-corrected chi connectivity index (χ1v) is 6.32. The molecule has 1 aromatic carbocycles. The van der Waals surface area contributed by atoms with Crippen LogP contribution in [0.25, 0.3) is 0 Å². The van der Waals surface area contributed by atoms with Crippen LogP contribution < -0.4 is 14.9 Å². The maximum absolute atomic E-state index is 12.3. The number of benzene rings is 1. The van der Waals surface area contributed by atoms with Gasteiger partial charge >= 0.3 is 13.2 Å². The molecular formula is C13H12F4N2O3. The van der Waals surface area contributed by atoms with Crippen LogP contribution in [0.3, 0.4) is 0 Å². The molecule has 0 radical (unpaired) electrons. The highest BCUT2D eigenvalue weighted by molar-refractivity contribution is 5.86. The van der Waals surface area contributed by atoms with E-state index >= 15 is 0 Å². The molecule has 1 amide bonds. The van der Waals surface area contributed by atoms with E-state index in [2.05, 4.69) is 20.0 Å². The van der Waals surface area contributed by atoms with E-state index in [1.165, 1.54) is 6.07 Å². The van der Waals surface area contributed by atoms with Crippen LogP contribution in [0.15, 0.2) is 23.3 Å². The molecule has 0 spiro atoms.